The molecule has 0 radical (unpaired) electrons. The monoisotopic (exact) mass is 526 g/mol. The molecule has 8 heteroatoms. The Bertz CT molecular complexity index is 1220. The first-order chi connectivity index (χ1) is 17.2. The molecule has 6 nitrogen and oxygen atoms in total. The minimum absolute atomic E-state index is 0.0443. The summed E-state index contributed by atoms with van der Waals surface area (Å²) in [5.74, 6) is 0.821. The highest BCUT2D eigenvalue weighted by Crippen LogP contribution is 2.34. The Labute approximate surface area is 221 Å². The maximum atomic E-state index is 13.8. The lowest BCUT2D eigenvalue weighted by Crippen LogP contribution is -2.53. The van der Waals surface area contributed by atoms with Gasteiger partial charge in [-0.2, -0.15) is 0 Å². The van der Waals surface area contributed by atoms with Gasteiger partial charge in [-0.25, -0.2) is 0 Å². The van der Waals surface area contributed by atoms with E-state index >= 15 is 0 Å². The van der Waals surface area contributed by atoms with Crippen molar-refractivity contribution in [3.8, 4) is 11.5 Å². The molecule has 1 atom stereocenters. The summed E-state index contributed by atoms with van der Waals surface area (Å²) in [6, 6.07) is 16.1. The van der Waals surface area contributed by atoms with Gasteiger partial charge in [0.05, 0.1) is 18.7 Å². The third-order valence-electron chi connectivity index (χ3n) is 6.32. The molecule has 0 bridgehead atoms. The summed E-state index contributed by atoms with van der Waals surface area (Å²) >= 11 is 7.71. The summed E-state index contributed by atoms with van der Waals surface area (Å²) in [7, 11) is 1.54. The van der Waals surface area contributed by atoms with Crippen LogP contribution in [0.4, 0.5) is 0 Å². The van der Waals surface area contributed by atoms with E-state index in [0.717, 1.165) is 12.0 Å². The van der Waals surface area contributed by atoms with E-state index in [-0.39, 0.29) is 24.4 Å². The van der Waals surface area contributed by atoms with Crippen molar-refractivity contribution in [3.05, 3.63) is 81.0 Å². The molecule has 1 aliphatic rings. The van der Waals surface area contributed by atoms with Gasteiger partial charge in [-0.3, -0.25) is 9.59 Å². The molecular weight excluding hydrogens is 496 g/mol. The largest absolute Gasteiger partial charge is 0.496 e. The van der Waals surface area contributed by atoms with Crippen molar-refractivity contribution in [1.29, 1.82) is 0 Å². The number of carbonyl (C=O) groups is 2. The Morgan fingerprint density at radius 3 is 2.53 bits per heavy atom. The third-order valence-corrected chi connectivity index (χ3v) is 7.57. The van der Waals surface area contributed by atoms with Crippen molar-refractivity contribution >= 4 is 34.8 Å². The zero-order valence-corrected chi connectivity index (χ0v) is 22.6. The Kier molecular flexibility index (Phi) is 7.91. The number of nitrogens with zero attached hydrogens (tertiary/aromatic N) is 2. The molecular formula is C28H31ClN2O4S. The topological polar surface area (TPSA) is 59.1 Å². The van der Waals surface area contributed by atoms with Gasteiger partial charge in [0.2, 0.25) is 5.91 Å². The number of rotatable bonds is 7. The van der Waals surface area contributed by atoms with Gasteiger partial charge in [-0.15, -0.1) is 11.3 Å². The Hall–Kier alpha value is -3.03. The first kappa shape index (κ1) is 26.0. The van der Waals surface area contributed by atoms with E-state index in [1.807, 2.05) is 43.9 Å². The quantitative estimate of drug-likeness (QED) is 0.387. The van der Waals surface area contributed by atoms with Gasteiger partial charge in [0, 0.05) is 22.0 Å². The Balaban J connectivity index is 1.57. The second-order valence-electron chi connectivity index (χ2n) is 9.68. The number of halogens is 1. The average Bonchev–Trinajstić information content (AvgIpc) is 3.34. The van der Waals surface area contributed by atoms with E-state index in [4.69, 9.17) is 21.1 Å². The number of fused-ring (bicyclic) bond motifs is 1. The lowest BCUT2D eigenvalue weighted by molar-refractivity contribution is -0.136. The minimum atomic E-state index is -0.577. The molecule has 1 aliphatic heterocycles. The standard InChI is InChI=1S/C28H31ClN2O4S/c1-28(2,3)31(27(33)22-7-5-6-8-24(22)34-4)17-26(32)30-15-13-25-21(14-16-36-25)23(30)18-35-20-11-9-19(29)10-12-20/h5-12,14,16,23H,13,15,17-18H2,1-4H3. The molecule has 3 aromatic rings. The van der Waals surface area contributed by atoms with Crippen LogP contribution in [-0.2, 0) is 11.2 Å². The summed E-state index contributed by atoms with van der Waals surface area (Å²) in [5.41, 5.74) is 0.961. The number of methoxy groups -OCH3 is 1. The second kappa shape index (κ2) is 10.9. The molecule has 2 aromatic carbocycles. The van der Waals surface area contributed by atoms with Gasteiger partial charge < -0.3 is 19.3 Å². The fourth-order valence-corrected chi connectivity index (χ4v) is 5.44. The summed E-state index contributed by atoms with van der Waals surface area (Å²) in [5, 5.41) is 2.69. The van der Waals surface area contributed by atoms with Crippen LogP contribution < -0.4 is 9.47 Å². The van der Waals surface area contributed by atoms with Crippen molar-refractivity contribution in [1.82, 2.24) is 9.80 Å². The predicted molar refractivity (Wildman–Crippen MR) is 143 cm³/mol. The molecule has 1 aromatic heterocycles. The fraction of sp³-hybridized carbons (Fsp3) is 0.357. The molecule has 0 saturated carbocycles. The molecule has 190 valence electrons. The molecule has 0 spiro atoms. The van der Waals surface area contributed by atoms with Crippen LogP contribution in [0.1, 0.15) is 47.6 Å². The minimum Gasteiger partial charge on any atom is -0.496 e. The highest BCUT2D eigenvalue weighted by atomic mass is 35.5. The van der Waals surface area contributed by atoms with Crippen LogP contribution in [0.15, 0.2) is 60.0 Å². The number of para-hydroxylation sites is 1. The lowest BCUT2D eigenvalue weighted by Gasteiger charge is -2.40. The SMILES string of the molecule is COc1ccccc1C(=O)N(CC(=O)N1CCc2sccc2C1COc1ccc(Cl)cc1)C(C)(C)C. The van der Waals surface area contributed by atoms with Gasteiger partial charge in [-0.05, 0) is 80.6 Å². The number of ether oxygens (including phenoxy) is 2. The zero-order chi connectivity index (χ0) is 25.9. The molecule has 36 heavy (non-hydrogen) atoms. The smallest absolute Gasteiger partial charge is 0.258 e. The maximum absolute atomic E-state index is 13.8. The summed E-state index contributed by atoms with van der Waals surface area (Å²) in [4.78, 5) is 32.1. The first-order valence-corrected chi connectivity index (χ1v) is 13.1. The van der Waals surface area contributed by atoms with Gasteiger partial charge in [-0.1, -0.05) is 23.7 Å². The van der Waals surface area contributed by atoms with E-state index in [0.29, 0.717) is 35.2 Å². The first-order valence-electron chi connectivity index (χ1n) is 11.9. The molecule has 0 N–H and O–H groups in total. The number of hydrogen-bond donors (Lipinski definition) is 0. The van der Waals surface area contributed by atoms with Crippen LogP contribution >= 0.6 is 22.9 Å². The molecule has 0 saturated heterocycles. The molecule has 1 unspecified atom stereocenters. The number of hydrogen-bond acceptors (Lipinski definition) is 5. The van der Waals surface area contributed by atoms with Crippen LogP contribution in [0.25, 0.3) is 0 Å². The highest BCUT2D eigenvalue weighted by molar-refractivity contribution is 7.10. The highest BCUT2D eigenvalue weighted by Gasteiger charge is 2.36. The molecule has 2 amide bonds. The van der Waals surface area contributed by atoms with Gasteiger partial charge >= 0.3 is 0 Å². The van der Waals surface area contributed by atoms with Crippen LogP contribution in [0, 0.1) is 0 Å². The second-order valence-corrected chi connectivity index (χ2v) is 11.1. The predicted octanol–water partition coefficient (Wildman–Crippen LogP) is 5.86. The van der Waals surface area contributed by atoms with Crippen molar-refractivity contribution in [2.24, 2.45) is 0 Å². The number of thiophene rings is 1. The fourth-order valence-electron chi connectivity index (χ4n) is 4.39. The summed E-state index contributed by atoms with van der Waals surface area (Å²) < 4.78 is 11.5. The van der Waals surface area contributed by atoms with Crippen molar-refractivity contribution in [2.75, 3.05) is 26.8 Å². The number of amides is 2. The zero-order valence-electron chi connectivity index (χ0n) is 21.0. The van der Waals surface area contributed by atoms with Crippen molar-refractivity contribution < 1.29 is 19.1 Å². The van der Waals surface area contributed by atoms with Crippen LogP contribution in [0.2, 0.25) is 5.02 Å². The van der Waals surface area contributed by atoms with Gasteiger partial charge in [0.1, 0.15) is 24.7 Å². The normalized spacial score (nSPS) is 15.2. The lowest BCUT2D eigenvalue weighted by atomic mass is 9.99. The van der Waals surface area contributed by atoms with E-state index in [9.17, 15) is 9.59 Å². The average molecular weight is 527 g/mol. The number of benzene rings is 2. The summed E-state index contributed by atoms with van der Waals surface area (Å²) in [6.45, 7) is 6.64. The van der Waals surface area contributed by atoms with Crippen molar-refractivity contribution in [2.45, 2.75) is 38.8 Å². The molecule has 0 fully saturated rings. The van der Waals surface area contributed by atoms with E-state index in [1.54, 1.807) is 46.6 Å². The van der Waals surface area contributed by atoms with Crippen molar-refractivity contribution in [3.63, 3.8) is 0 Å². The van der Waals surface area contributed by atoms with Crippen LogP contribution in [0.3, 0.4) is 0 Å². The van der Waals surface area contributed by atoms with Gasteiger partial charge in [0.25, 0.3) is 5.91 Å². The van der Waals surface area contributed by atoms with E-state index in [1.165, 1.54) is 12.0 Å². The third kappa shape index (κ3) is 5.68. The van der Waals surface area contributed by atoms with Gasteiger partial charge in [0.15, 0.2) is 0 Å². The van der Waals surface area contributed by atoms with E-state index in [2.05, 4.69) is 11.4 Å². The Morgan fingerprint density at radius 2 is 1.83 bits per heavy atom. The summed E-state index contributed by atoms with van der Waals surface area (Å²) in [6.07, 6.45) is 0.784. The maximum Gasteiger partial charge on any atom is 0.258 e. The van der Waals surface area contributed by atoms with E-state index < -0.39 is 5.54 Å². The van der Waals surface area contributed by atoms with Crippen LogP contribution in [-0.4, -0.2) is 54.0 Å². The molecule has 0 aliphatic carbocycles. The number of carbonyl (C=O) groups excluding carboxylic acids is 2. The molecule has 4 rings (SSSR count). The molecule has 2 heterocycles. The Morgan fingerprint density at radius 1 is 1.11 bits per heavy atom. The van der Waals surface area contributed by atoms with Crippen LogP contribution in [0.5, 0.6) is 11.5 Å².